The van der Waals surface area contributed by atoms with E-state index < -0.39 is 0 Å². The van der Waals surface area contributed by atoms with E-state index in [1.54, 1.807) is 0 Å². The van der Waals surface area contributed by atoms with Crippen LogP contribution in [0.2, 0.25) is 0 Å². The van der Waals surface area contributed by atoms with Crippen molar-refractivity contribution in [3.8, 4) is 0 Å². The predicted molar refractivity (Wildman–Crippen MR) is 67.6 cm³/mol. The molecule has 1 aromatic rings. The highest BCUT2D eigenvalue weighted by Gasteiger charge is 2.22. The van der Waals surface area contributed by atoms with Crippen LogP contribution in [-0.2, 0) is 0 Å². The maximum Gasteiger partial charge on any atom is 0.123 e. The van der Waals surface area contributed by atoms with Crippen molar-refractivity contribution in [3.05, 3.63) is 18.3 Å². The van der Waals surface area contributed by atoms with Crippen LogP contribution in [0.3, 0.4) is 0 Å². The summed E-state index contributed by atoms with van der Waals surface area (Å²) in [6, 6.07) is 4.57. The van der Waals surface area contributed by atoms with E-state index in [0.29, 0.717) is 11.9 Å². The Balaban J connectivity index is 2.08. The number of pyridine rings is 1. The van der Waals surface area contributed by atoms with Crippen molar-refractivity contribution in [1.29, 1.82) is 0 Å². The fourth-order valence-electron chi connectivity index (χ4n) is 2.21. The van der Waals surface area contributed by atoms with Crippen LogP contribution < -0.4 is 10.6 Å². The molecule has 16 heavy (non-hydrogen) atoms. The fraction of sp³-hybridized carbons (Fsp3) is 0.583. The second kappa shape index (κ2) is 4.70. The summed E-state index contributed by atoms with van der Waals surface area (Å²) >= 11 is 0. The van der Waals surface area contributed by atoms with E-state index in [4.69, 9.17) is 5.73 Å². The van der Waals surface area contributed by atoms with Gasteiger partial charge < -0.3 is 10.6 Å². The van der Waals surface area contributed by atoms with Crippen molar-refractivity contribution in [2.75, 3.05) is 37.3 Å². The Morgan fingerprint density at radius 2 is 2.25 bits per heavy atom. The number of nitrogens with two attached hydrogens (primary N) is 1. The third kappa shape index (κ3) is 2.27. The Labute approximate surface area is 97.1 Å². The number of nitrogens with zero attached hydrogens (tertiary/aromatic N) is 3. The summed E-state index contributed by atoms with van der Waals surface area (Å²) in [5, 5.41) is 0. The molecule has 0 radical (unpaired) electrons. The third-order valence-electron chi connectivity index (χ3n) is 3.38. The molecule has 0 saturated carbocycles. The third-order valence-corrected chi connectivity index (χ3v) is 3.38. The molecule has 1 unspecified atom stereocenters. The molecule has 2 heterocycles. The number of piperazine rings is 1. The van der Waals surface area contributed by atoms with Gasteiger partial charge in [0.15, 0.2) is 0 Å². The van der Waals surface area contributed by atoms with E-state index in [2.05, 4.69) is 34.8 Å². The van der Waals surface area contributed by atoms with Crippen LogP contribution in [0.25, 0.3) is 0 Å². The lowest BCUT2D eigenvalue weighted by atomic mass is 10.1. The molecule has 1 fully saturated rings. The van der Waals surface area contributed by atoms with Gasteiger partial charge in [0.25, 0.3) is 0 Å². The number of likely N-dealkylation sites (N-methyl/N-ethyl adjacent to an activating group) is 1. The van der Waals surface area contributed by atoms with Crippen LogP contribution in [-0.4, -0.2) is 42.6 Å². The molecule has 1 aliphatic rings. The zero-order valence-electron chi connectivity index (χ0n) is 10.1. The number of aromatic nitrogens is 1. The molecule has 2 rings (SSSR count). The maximum absolute atomic E-state index is 5.59. The van der Waals surface area contributed by atoms with Crippen molar-refractivity contribution < 1.29 is 0 Å². The molecule has 88 valence electrons. The van der Waals surface area contributed by atoms with Gasteiger partial charge in [-0.3, -0.25) is 4.90 Å². The van der Waals surface area contributed by atoms with Crippen LogP contribution in [0.4, 0.5) is 11.5 Å². The molecule has 1 aromatic heterocycles. The van der Waals surface area contributed by atoms with Crippen LogP contribution in [0.5, 0.6) is 0 Å². The van der Waals surface area contributed by atoms with Crippen LogP contribution >= 0.6 is 0 Å². The van der Waals surface area contributed by atoms with E-state index in [1.807, 2.05) is 12.3 Å². The average molecular weight is 220 g/mol. The molecular weight excluding hydrogens is 200 g/mol. The van der Waals surface area contributed by atoms with Gasteiger partial charge in [0.2, 0.25) is 0 Å². The largest absolute Gasteiger partial charge is 0.384 e. The number of nitrogen functional groups attached to an aromatic ring is 1. The molecule has 2 N–H and O–H groups in total. The lowest BCUT2D eigenvalue weighted by Crippen LogP contribution is -2.51. The fourth-order valence-corrected chi connectivity index (χ4v) is 2.21. The van der Waals surface area contributed by atoms with Crippen molar-refractivity contribution in [2.45, 2.75) is 19.4 Å². The summed E-state index contributed by atoms with van der Waals surface area (Å²) in [4.78, 5) is 8.97. The zero-order chi connectivity index (χ0) is 11.5. The Kier molecular flexibility index (Phi) is 3.29. The Morgan fingerprint density at radius 1 is 1.44 bits per heavy atom. The first kappa shape index (κ1) is 11.2. The Morgan fingerprint density at radius 3 is 2.88 bits per heavy atom. The highest BCUT2D eigenvalue weighted by atomic mass is 15.3. The average Bonchev–Trinajstić information content (AvgIpc) is 2.31. The molecule has 0 aliphatic carbocycles. The van der Waals surface area contributed by atoms with Gasteiger partial charge in [0, 0.05) is 25.7 Å². The summed E-state index contributed by atoms with van der Waals surface area (Å²) in [6.45, 7) is 5.51. The summed E-state index contributed by atoms with van der Waals surface area (Å²) in [5.74, 6) is 0.588. The van der Waals surface area contributed by atoms with Crippen LogP contribution in [0, 0.1) is 0 Å². The molecule has 0 spiro atoms. The highest BCUT2D eigenvalue weighted by molar-refractivity contribution is 5.48. The Hall–Kier alpha value is -1.29. The molecule has 1 aliphatic heterocycles. The lowest BCUT2D eigenvalue weighted by molar-refractivity contribution is 0.213. The van der Waals surface area contributed by atoms with Gasteiger partial charge in [-0.15, -0.1) is 0 Å². The summed E-state index contributed by atoms with van der Waals surface area (Å²) in [5.41, 5.74) is 6.78. The molecule has 1 atom stereocenters. The number of hydrogen-bond acceptors (Lipinski definition) is 4. The van der Waals surface area contributed by atoms with E-state index >= 15 is 0 Å². The van der Waals surface area contributed by atoms with Crippen LogP contribution in [0.1, 0.15) is 13.3 Å². The second-order valence-corrected chi connectivity index (χ2v) is 4.43. The minimum Gasteiger partial charge on any atom is -0.384 e. The van der Waals surface area contributed by atoms with Gasteiger partial charge in [0.05, 0.1) is 11.9 Å². The summed E-state index contributed by atoms with van der Waals surface area (Å²) in [6.07, 6.45) is 3.06. The molecule has 1 saturated heterocycles. The maximum atomic E-state index is 5.59. The summed E-state index contributed by atoms with van der Waals surface area (Å²) in [7, 11) is 2.20. The van der Waals surface area contributed by atoms with Gasteiger partial charge in [-0.2, -0.15) is 0 Å². The van der Waals surface area contributed by atoms with E-state index in [-0.39, 0.29) is 0 Å². The van der Waals surface area contributed by atoms with E-state index in [9.17, 15) is 0 Å². The second-order valence-electron chi connectivity index (χ2n) is 4.43. The first-order valence-corrected chi connectivity index (χ1v) is 5.87. The topological polar surface area (TPSA) is 45.4 Å². The van der Waals surface area contributed by atoms with E-state index in [0.717, 1.165) is 19.6 Å². The molecule has 0 bridgehead atoms. The van der Waals surface area contributed by atoms with Crippen molar-refractivity contribution >= 4 is 11.5 Å². The molecule has 4 nitrogen and oxygen atoms in total. The molecular formula is C12H20N4. The normalized spacial score (nSPS) is 22.4. The number of anilines is 2. The van der Waals surface area contributed by atoms with Gasteiger partial charge in [-0.05, 0) is 25.6 Å². The molecule has 0 amide bonds. The smallest absolute Gasteiger partial charge is 0.123 e. The monoisotopic (exact) mass is 220 g/mol. The van der Waals surface area contributed by atoms with Gasteiger partial charge >= 0.3 is 0 Å². The van der Waals surface area contributed by atoms with Gasteiger partial charge in [0.1, 0.15) is 5.82 Å². The predicted octanol–water partition coefficient (Wildman–Crippen LogP) is 1.19. The minimum atomic E-state index is 0.588. The molecule has 4 heteroatoms. The van der Waals surface area contributed by atoms with Crippen molar-refractivity contribution in [1.82, 2.24) is 9.88 Å². The number of hydrogen-bond donors (Lipinski definition) is 1. The number of rotatable bonds is 2. The van der Waals surface area contributed by atoms with E-state index in [1.165, 1.54) is 12.1 Å². The van der Waals surface area contributed by atoms with Crippen molar-refractivity contribution in [2.24, 2.45) is 0 Å². The quantitative estimate of drug-likeness (QED) is 0.813. The first-order valence-electron chi connectivity index (χ1n) is 5.87. The van der Waals surface area contributed by atoms with Gasteiger partial charge in [-0.25, -0.2) is 4.98 Å². The molecule has 0 aromatic carbocycles. The van der Waals surface area contributed by atoms with Gasteiger partial charge in [-0.1, -0.05) is 6.92 Å². The van der Waals surface area contributed by atoms with Crippen LogP contribution in [0.15, 0.2) is 18.3 Å². The lowest BCUT2D eigenvalue weighted by Gasteiger charge is -2.40. The standard InChI is InChI=1S/C12H20N4/c1-3-10-9-16(7-6-15(10)2)11-4-5-12(13)14-8-11/h4-5,8,10H,3,6-7,9H2,1-2H3,(H2,13,14). The minimum absolute atomic E-state index is 0.588. The zero-order valence-corrected chi connectivity index (χ0v) is 10.1. The first-order chi connectivity index (χ1) is 7.70. The SMILES string of the molecule is CCC1CN(c2ccc(N)nc2)CCN1C. The highest BCUT2D eigenvalue weighted by Crippen LogP contribution is 2.19. The van der Waals surface area contributed by atoms with Crippen molar-refractivity contribution in [3.63, 3.8) is 0 Å². The Bertz CT molecular complexity index is 335. The summed E-state index contributed by atoms with van der Waals surface area (Å²) < 4.78 is 0.